The van der Waals surface area contributed by atoms with Crippen LogP contribution in [0.1, 0.15) is 12.5 Å². The third-order valence-electron chi connectivity index (χ3n) is 5.29. The van der Waals surface area contributed by atoms with E-state index in [9.17, 15) is 0 Å². The molecule has 18 heavy (non-hydrogen) atoms. The first-order chi connectivity index (χ1) is 8.77. The maximum Gasteiger partial charge on any atom is 0.0308 e. The van der Waals surface area contributed by atoms with Crippen LogP contribution in [0.15, 0.2) is 78.9 Å². The first-order valence-corrected chi connectivity index (χ1v) is 6.57. The lowest BCUT2D eigenvalue weighted by Crippen LogP contribution is -2.11. The molecule has 3 aliphatic carbocycles. The number of allylic oxidation sites excluding steroid dienone is 8. The van der Waals surface area contributed by atoms with E-state index in [4.69, 9.17) is 0 Å². The SMILES string of the molecule is CC1(c2ccccc2)C23C=CC=CC21C=CC=C3. The Labute approximate surface area is 108 Å². The third kappa shape index (κ3) is 0.809. The van der Waals surface area contributed by atoms with Crippen LogP contribution in [-0.4, -0.2) is 0 Å². The van der Waals surface area contributed by atoms with Gasteiger partial charge in [-0.25, -0.2) is 0 Å². The maximum atomic E-state index is 2.39. The molecule has 1 aromatic rings. The second-order valence-electron chi connectivity index (χ2n) is 5.67. The highest BCUT2D eigenvalue weighted by Crippen LogP contribution is 2.82. The van der Waals surface area contributed by atoms with E-state index in [0.29, 0.717) is 0 Å². The van der Waals surface area contributed by atoms with Gasteiger partial charge in [-0.3, -0.25) is 0 Å². The van der Waals surface area contributed by atoms with E-state index in [1.54, 1.807) is 0 Å². The van der Waals surface area contributed by atoms with Crippen molar-refractivity contribution in [3.63, 3.8) is 0 Å². The van der Waals surface area contributed by atoms with Crippen LogP contribution in [-0.2, 0) is 5.41 Å². The third-order valence-corrected chi connectivity index (χ3v) is 5.29. The van der Waals surface area contributed by atoms with Crippen LogP contribution in [0.3, 0.4) is 0 Å². The van der Waals surface area contributed by atoms with Crippen LogP contribution in [0, 0.1) is 10.8 Å². The maximum absolute atomic E-state index is 2.39. The van der Waals surface area contributed by atoms with Gasteiger partial charge in [-0.1, -0.05) is 85.9 Å². The predicted molar refractivity (Wildman–Crippen MR) is 75.2 cm³/mol. The molecule has 0 amide bonds. The molecule has 0 bridgehead atoms. The summed E-state index contributed by atoms with van der Waals surface area (Å²) in [6.07, 6.45) is 18.3. The van der Waals surface area contributed by atoms with Gasteiger partial charge in [0.05, 0.1) is 0 Å². The van der Waals surface area contributed by atoms with E-state index >= 15 is 0 Å². The zero-order valence-corrected chi connectivity index (χ0v) is 10.5. The summed E-state index contributed by atoms with van der Waals surface area (Å²) in [4.78, 5) is 0. The Kier molecular flexibility index (Phi) is 1.66. The molecule has 0 unspecified atom stereocenters. The molecule has 88 valence electrons. The molecule has 0 saturated heterocycles. The fraction of sp³-hybridized carbons (Fsp3) is 0.222. The van der Waals surface area contributed by atoms with Crippen LogP contribution >= 0.6 is 0 Å². The van der Waals surface area contributed by atoms with Gasteiger partial charge in [-0.05, 0) is 5.56 Å². The number of hydrogen-bond acceptors (Lipinski definition) is 0. The fourth-order valence-corrected chi connectivity index (χ4v) is 4.25. The number of benzene rings is 1. The van der Waals surface area contributed by atoms with Crippen LogP contribution in [0.25, 0.3) is 0 Å². The molecule has 0 radical (unpaired) electrons. The molecule has 0 aliphatic heterocycles. The minimum atomic E-state index is 0.144. The van der Waals surface area contributed by atoms with Crippen molar-refractivity contribution >= 4 is 0 Å². The summed E-state index contributed by atoms with van der Waals surface area (Å²) in [6, 6.07) is 10.9. The van der Waals surface area contributed by atoms with Crippen LogP contribution in [0.4, 0.5) is 0 Å². The lowest BCUT2D eigenvalue weighted by molar-refractivity contribution is 0.640. The van der Waals surface area contributed by atoms with Crippen molar-refractivity contribution in [2.45, 2.75) is 12.3 Å². The topological polar surface area (TPSA) is 0 Å². The molecule has 4 rings (SSSR count). The van der Waals surface area contributed by atoms with Crippen molar-refractivity contribution in [3.05, 3.63) is 84.5 Å². The first-order valence-electron chi connectivity index (χ1n) is 6.57. The molecule has 0 nitrogen and oxygen atoms in total. The summed E-state index contributed by atoms with van der Waals surface area (Å²) in [6.45, 7) is 2.39. The lowest BCUT2D eigenvalue weighted by atomic mass is 9.85. The van der Waals surface area contributed by atoms with Crippen LogP contribution in [0.2, 0.25) is 0 Å². The second kappa shape index (κ2) is 2.95. The number of rotatable bonds is 1. The van der Waals surface area contributed by atoms with Crippen molar-refractivity contribution in [2.75, 3.05) is 0 Å². The van der Waals surface area contributed by atoms with Gasteiger partial charge in [0.15, 0.2) is 0 Å². The lowest BCUT2D eigenvalue weighted by Gasteiger charge is -2.18. The summed E-state index contributed by atoms with van der Waals surface area (Å²) in [5.74, 6) is 0. The molecule has 0 N–H and O–H groups in total. The Morgan fingerprint density at radius 2 is 1.11 bits per heavy atom. The van der Waals surface area contributed by atoms with E-state index in [2.05, 4.69) is 85.9 Å². The summed E-state index contributed by atoms with van der Waals surface area (Å²) in [7, 11) is 0. The fourth-order valence-electron chi connectivity index (χ4n) is 4.25. The number of hydrogen-bond donors (Lipinski definition) is 0. The molecule has 0 atom stereocenters. The van der Waals surface area contributed by atoms with E-state index in [-0.39, 0.29) is 16.2 Å². The van der Waals surface area contributed by atoms with Crippen molar-refractivity contribution in [3.8, 4) is 0 Å². The molecule has 3 aliphatic rings. The molecule has 1 saturated carbocycles. The Morgan fingerprint density at radius 1 is 0.667 bits per heavy atom. The Hall–Kier alpha value is -1.82. The van der Waals surface area contributed by atoms with Crippen LogP contribution in [0.5, 0.6) is 0 Å². The van der Waals surface area contributed by atoms with E-state index in [0.717, 1.165) is 0 Å². The first kappa shape index (κ1) is 10.1. The van der Waals surface area contributed by atoms with E-state index in [1.807, 2.05) is 0 Å². The Balaban J connectivity index is 1.99. The van der Waals surface area contributed by atoms with Gasteiger partial charge < -0.3 is 0 Å². The van der Waals surface area contributed by atoms with E-state index < -0.39 is 0 Å². The van der Waals surface area contributed by atoms with Gasteiger partial charge in [0, 0.05) is 16.2 Å². The van der Waals surface area contributed by atoms with Crippen molar-refractivity contribution in [1.82, 2.24) is 0 Å². The highest BCUT2D eigenvalue weighted by atomic mass is 14.8. The van der Waals surface area contributed by atoms with Crippen molar-refractivity contribution < 1.29 is 0 Å². The average Bonchev–Trinajstić information content (AvgIpc) is 2.97. The molecule has 0 heteroatoms. The minimum absolute atomic E-state index is 0.144. The molecular weight excluding hydrogens is 216 g/mol. The summed E-state index contributed by atoms with van der Waals surface area (Å²) < 4.78 is 0. The van der Waals surface area contributed by atoms with Gasteiger partial charge in [-0.15, -0.1) is 0 Å². The normalized spacial score (nSPS) is 42.5. The van der Waals surface area contributed by atoms with Gasteiger partial charge in [0.2, 0.25) is 0 Å². The molecule has 1 fully saturated rings. The van der Waals surface area contributed by atoms with E-state index in [1.165, 1.54) is 5.56 Å². The zero-order chi connectivity index (χ0) is 12.3. The molecule has 0 spiro atoms. The molecule has 1 aromatic carbocycles. The standard InChI is InChI=1S/C18H16/c1-16(15-9-3-2-4-10-15)17-11-5-6-12-18(16,17)14-8-7-13-17/h2-14H,1H3. The zero-order valence-electron chi connectivity index (χ0n) is 10.5. The summed E-state index contributed by atoms with van der Waals surface area (Å²) >= 11 is 0. The minimum Gasteiger partial charge on any atom is -0.0724 e. The summed E-state index contributed by atoms with van der Waals surface area (Å²) in [5, 5.41) is 0. The monoisotopic (exact) mass is 232 g/mol. The largest absolute Gasteiger partial charge is 0.0724 e. The smallest absolute Gasteiger partial charge is 0.0308 e. The van der Waals surface area contributed by atoms with Gasteiger partial charge in [-0.2, -0.15) is 0 Å². The predicted octanol–water partition coefficient (Wildman–Crippen LogP) is 4.18. The van der Waals surface area contributed by atoms with Gasteiger partial charge in [0.25, 0.3) is 0 Å². The summed E-state index contributed by atoms with van der Waals surface area (Å²) in [5.41, 5.74) is 1.86. The molecule has 0 heterocycles. The quantitative estimate of drug-likeness (QED) is 0.681. The van der Waals surface area contributed by atoms with Crippen molar-refractivity contribution in [2.24, 2.45) is 10.8 Å². The second-order valence-corrected chi connectivity index (χ2v) is 5.67. The highest BCUT2D eigenvalue weighted by molar-refractivity contribution is 5.64. The van der Waals surface area contributed by atoms with Gasteiger partial charge >= 0.3 is 0 Å². The average molecular weight is 232 g/mol. The highest BCUT2D eigenvalue weighted by Gasteiger charge is 2.81. The van der Waals surface area contributed by atoms with Crippen LogP contribution < -0.4 is 0 Å². The molecular formula is C18H16. The van der Waals surface area contributed by atoms with Gasteiger partial charge in [0.1, 0.15) is 0 Å². The van der Waals surface area contributed by atoms with Crippen molar-refractivity contribution in [1.29, 1.82) is 0 Å². The Bertz CT molecular complexity index is 553. The Morgan fingerprint density at radius 3 is 1.56 bits per heavy atom. The molecule has 0 aromatic heterocycles.